The van der Waals surface area contributed by atoms with E-state index in [1.165, 1.54) is 48.5 Å². The molecule has 0 aliphatic rings. The molecule has 1 amide bonds. The lowest BCUT2D eigenvalue weighted by molar-refractivity contribution is 0.102. The van der Waals surface area contributed by atoms with Gasteiger partial charge in [-0.1, -0.05) is 35.3 Å². The van der Waals surface area contributed by atoms with Gasteiger partial charge in [0.25, 0.3) is 5.91 Å². The van der Waals surface area contributed by atoms with Gasteiger partial charge in [-0.3, -0.25) is 4.79 Å². The first kappa shape index (κ1) is 23.0. The van der Waals surface area contributed by atoms with Crippen molar-refractivity contribution in [2.75, 3.05) is 5.32 Å². The van der Waals surface area contributed by atoms with Crippen LogP contribution in [0.3, 0.4) is 0 Å². The number of rotatable bonds is 6. The summed E-state index contributed by atoms with van der Waals surface area (Å²) in [7, 11) is -3.98. The van der Waals surface area contributed by atoms with Crippen molar-refractivity contribution >= 4 is 44.8 Å². The van der Waals surface area contributed by atoms with E-state index in [1.807, 2.05) is 0 Å². The Morgan fingerprint density at radius 3 is 2.48 bits per heavy atom. The van der Waals surface area contributed by atoms with Crippen molar-refractivity contribution in [1.29, 1.82) is 0 Å². The molecular formula is C20H15Cl2FN2O5S. The van der Waals surface area contributed by atoms with Crippen molar-refractivity contribution in [2.24, 2.45) is 5.14 Å². The fourth-order valence-electron chi connectivity index (χ4n) is 2.64. The van der Waals surface area contributed by atoms with Crippen LogP contribution < -0.4 is 15.2 Å². The summed E-state index contributed by atoms with van der Waals surface area (Å²) in [5.41, 5.74) is 0.311. The van der Waals surface area contributed by atoms with Crippen molar-refractivity contribution in [1.82, 2.24) is 0 Å². The van der Waals surface area contributed by atoms with Crippen molar-refractivity contribution < 1.29 is 27.4 Å². The summed E-state index contributed by atoms with van der Waals surface area (Å²) in [4.78, 5) is 12.7. The van der Waals surface area contributed by atoms with Gasteiger partial charge in [-0.25, -0.2) is 17.9 Å². The number of primary sulfonamides is 1. The molecule has 0 radical (unpaired) electrons. The highest BCUT2D eigenvalue weighted by molar-refractivity contribution is 7.89. The quantitative estimate of drug-likeness (QED) is 0.481. The number of anilines is 1. The van der Waals surface area contributed by atoms with Crippen LogP contribution in [0.1, 0.15) is 15.9 Å². The van der Waals surface area contributed by atoms with E-state index in [0.717, 1.165) is 6.07 Å². The number of halogens is 3. The van der Waals surface area contributed by atoms with Gasteiger partial charge < -0.3 is 15.2 Å². The van der Waals surface area contributed by atoms with Gasteiger partial charge in [0.15, 0.2) is 11.6 Å². The predicted octanol–water partition coefficient (Wildman–Crippen LogP) is 4.32. The number of hydrogen-bond acceptors (Lipinski definition) is 5. The summed E-state index contributed by atoms with van der Waals surface area (Å²) >= 11 is 12.2. The SMILES string of the molecule is NS(=O)(=O)c1cccc(NC(=O)c2c(Cl)cc(Cl)cc2Oc2ccc(CO)cc2F)c1. The lowest BCUT2D eigenvalue weighted by Crippen LogP contribution is -2.16. The lowest BCUT2D eigenvalue weighted by atomic mass is 10.1. The summed E-state index contributed by atoms with van der Waals surface area (Å²) in [5.74, 6) is -1.88. The molecule has 3 aromatic carbocycles. The van der Waals surface area contributed by atoms with Crippen LogP contribution in [0.15, 0.2) is 59.5 Å². The number of nitrogens with two attached hydrogens (primary N) is 1. The van der Waals surface area contributed by atoms with Crippen LogP contribution in [0.2, 0.25) is 10.0 Å². The topological polar surface area (TPSA) is 119 Å². The summed E-state index contributed by atoms with van der Waals surface area (Å²) < 4.78 is 42.9. The fourth-order valence-corrected chi connectivity index (χ4v) is 3.76. The molecule has 4 N–H and O–H groups in total. The Morgan fingerprint density at radius 2 is 1.84 bits per heavy atom. The minimum absolute atomic E-state index is 0.0741. The molecule has 0 aliphatic heterocycles. The van der Waals surface area contributed by atoms with E-state index in [9.17, 15) is 17.6 Å². The van der Waals surface area contributed by atoms with Crippen molar-refractivity contribution in [3.05, 3.63) is 81.6 Å². The average Bonchev–Trinajstić information content (AvgIpc) is 2.68. The molecular weight excluding hydrogens is 470 g/mol. The molecule has 3 rings (SSSR count). The van der Waals surface area contributed by atoms with Crippen LogP contribution in [0.5, 0.6) is 11.5 Å². The molecule has 0 atom stereocenters. The van der Waals surface area contributed by atoms with Gasteiger partial charge in [0.05, 0.1) is 16.5 Å². The number of aliphatic hydroxyl groups excluding tert-OH is 1. The highest BCUT2D eigenvalue weighted by Gasteiger charge is 2.21. The lowest BCUT2D eigenvalue weighted by Gasteiger charge is -2.15. The molecule has 31 heavy (non-hydrogen) atoms. The van der Waals surface area contributed by atoms with Gasteiger partial charge in [0.2, 0.25) is 10.0 Å². The molecule has 11 heteroatoms. The third-order valence-corrected chi connectivity index (χ3v) is 5.49. The number of benzene rings is 3. The number of sulfonamides is 1. The van der Waals surface area contributed by atoms with E-state index >= 15 is 0 Å². The molecule has 0 heterocycles. The van der Waals surface area contributed by atoms with Gasteiger partial charge in [0, 0.05) is 16.8 Å². The highest BCUT2D eigenvalue weighted by atomic mass is 35.5. The first-order valence-electron chi connectivity index (χ1n) is 8.59. The molecule has 0 aromatic heterocycles. The van der Waals surface area contributed by atoms with Crippen molar-refractivity contribution in [2.45, 2.75) is 11.5 Å². The van der Waals surface area contributed by atoms with Crippen LogP contribution in [0.4, 0.5) is 10.1 Å². The molecule has 0 spiro atoms. The number of nitrogens with one attached hydrogen (secondary N) is 1. The Bertz CT molecular complexity index is 1270. The van der Waals surface area contributed by atoms with Gasteiger partial charge >= 0.3 is 0 Å². The Morgan fingerprint density at radius 1 is 1.10 bits per heavy atom. The van der Waals surface area contributed by atoms with E-state index < -0.39 is 21.7 Å². The second-order valence-electron chi connectivity index (χ2n) is 6.31. The number of carbonyl (C=O) groups excluding carboxylic acids is 1. The van der Waals surface area contributed by atoms with E-state index in [-0.39, 0.29) is 44.3 Å². The molecule has 0 aliphatic carbocycles. The van der Waals surface area contributed by atoms with Crippen LogP contribution in [0, 0.1) is 5.82 Å². The predicted molar refractivity (Wildman–Crippen MR) is 115 cm³/mol. The van der Waals surface area contributed by atoms with Crippen LogP contribution in [-0.2, 0) is 16.6 Å². The zero-order chi connectivity index (χ0) is 22.8. The van der Waals surface area contributed by atoms with Gasteiger partial charge in [-0.2, -0.15) is 0 Å². The maximum atomic E-state index is 14.3. The number of amides is 1. The second kappa shape index (κ2) is 9.21. The van der Waals surface area contributed by atoms with E-state index in [2.05, 4.69) is 5.32 Å². The summed E-state index contributed by atoms with van der Waals surface area (Å²) in [5, 5.41) is 16.8. The molecule has 0 bridgehead atoms. The van der Waals surface area contributed by atoms with Crippen LogP contribution in [-0.4, -0.2) is 19.4 Å². The highest BCUT2D eigenvalue weighted by Crippen LogP contribution is 2.35. The Kier molecular flexibility index (Phi) is 6.83. The normalized spacial score (nSPS) is 11.3. The van der Waals surface area contributed by atoms with E-state index in [4.69, 9.17) is 38.2 Å². The fraction of sp³-hybridized carbons (Fsp3) is 0.0500. The van der Waals surface area contributed by atoms with E-state index in [1.54, 1.807) is 0 Å². The number of carbonyl (C=O) groups is 1. The Labute approximate surface area is 187 Å². The number of aliphatic hydroxyl groups is 1. The average molecular weight is 485 g/mol. The first-order valence-corrected chi connectivity index (χ1v) is 10.9. The maximum absolute atomic E-state index is 14.3. The van der Waals surface area contributed by atoms with Gasteiger partial charge in [0.1, 0.15) is 11.3 Å². The largest absolute Gasteiger partial charge is 0.453 e. The summed E-state index contributed by atoms with van der Waals surface area (Å²) in [6.07, 6.45) is 0. The minimum atomic E-state index is -3.98. The number of ether oxygens (including phenoxy) is 1. The number of hydrogen-bond donors (Lipinski definition) is 3. The molecule has 3 aromatic rings. The van der Waals surface area contributed by atoms with Gasteiger partial charge in [-0.05, 0) is 42.0 Å². The van der Waals surface area contributed by atoms with Crippen molar-refractivity contribution in [3.63, 3.8) is 0 Å². The molecule has 0 fully saturated rings. The van der Waals surface area contributed by atoms with Gasteiger partial charge in [-0.15, -0.1) is 0 Å². The summed E-state index contributed by atoms with van der Waals surface area (Å²) in [6, 6.07) is 11.7. The minimum Gasteiger partial charge on any atom is -0.453 e. The van der Waals surface area contributed by atoms with Crippen LogP contribution >= 0.6 is 23.2 Å². The third-order valence-electron chi connectivity index (χ3n) is 4.07. The molecule has 0 saturated heterocycles. The van der Waals surface area contributed by atoms with Crippen molar-refractivity contribution in [3.8, 4) is 11.5 Å². The zero-order valence-electron chi connectivity index (χ0n) is 15.6. The maximum Gasteiger partial charge on any atom is 0.260 e. The van der Waals surface area contributed by atoms with Crippen LogP contribution in [0.25, 0.3) is 0 Å². The molecule has 7 nitrogen and oxygen atoms in total. The molecule has 0 saturated carbocycles. The molecule has 162 valence electrons. The molecule has 0 unspecified atom stereocenters. The second-order valence-corrected chi connectivity index (χ2v) is 8.72. The van der Waals surface area contributed by atoms with E-state index in [0.29, 0.717) is 5.56 Å². The smallest absolute Gasteiger partial charge is 0.260 e. The summed E-state index contributed by atoms with van der Waals surface area (Å²) in [6.45, 7) is -0.356. The Hall–Kier alpha value is -2.69. The monoisotopic (exact) mass is 484 g/mol. The standard InChI is InChI=1S/C20H15Cl2FN2O5S/c21-12-7-15(22)19(18(8-12)30-17-5-4-11(10-26)6-16(17)23)20(27)25-13-2-1-3-14(9-13)31(24,28)29/h1-9,26H,10H2,(H,25,27)(H2,24,28,29). The Balaban J connectivity index is 1.97. The first-order chi connectivity index (χ1) is 14.6. The zero-order valence-corrected chi connectivity index (χ0v) is 17.9. The third kappa shape index (κ3) is 5.52.